The molecule has 0 radical (unpaired) electrons. The van der Waals surface area contributed by atoms with E-state index >= 15 is 0 Å². The first-order valence-corrected chi connectivity index (χ1v) is 15.6. The zero-order valence-electron chi connectivity index (χ0n) is 25.8. The molecule has 0 aromatic rings. The van der Waals surface area contributed by atoms with E-state index in [1.165, 1.54) is 92.9 Å². The maximum absolute atomic E-state index is 12.0. The van der Waals surface area contributed by atoms with E-state index in [-0.39, 0.29) is 5.97 Å². The summed E-state index contributed by atoms with van der Waals surface area (Å²) in [6, 6.07) is 0. The molecule has 0 bridgehead atoms. The average Bonchev–Trinajstić information content (AvgIpc) is 2.84. The smallest absolute Gasteiger partial charge is 0.306 e. The van der Waals surface area contributed by atoms with Crippen LogP contribution in [0.5, 0.6) is 0 Å². The van der Waals surface area contributed by atoms with Crippen LogP contribution in [0.4, 0.5) is 0 Å². The highest BCUT2D eigenvalue weighted by Crippen LogP contribution is 2.14. The molecular weight excluding hydrogens is 452 g/mol. The van der Waals surface area contributed by atoms with E-state index in [1.807, 2.05) is 0 Å². The van der Waals surface area contributed by atoms with Crippen LogP contribution < -0.4 is 0 Å². The number of ether oxygens (including phenoxy) is 1. The number of unbranched alkanes of at least 4 members (excludes halogenated alkanes) is 11. The zero-order valence-corrected chi connectivity index (χ0v) is 25.8. The summed E-state index contributed by atoms with van der Waals surface area (Å²) in [6.45, 7) is 13.6. The van der Waals surface area contributed by atoms with Crippen LogP contribution in [-0.2, 0) is 9.53 Å². The maximum Gasteiger partial charge on any atom is 0.306 e. The summed E-state index contributed by atoms with van der Waals surface area (Å²) in [7, 11) is 0. The maximum atomic E-state index is 12.0. The molecule has 0 N–H and O–H groups in total. The minimum Gasteiger partial charge on any atom is -0.461 e. The van der Waals surface area contributed by atoms with Crippen molar-refractivity contribution < 1.29 is 9.53 Å². The van der Waals surface area contributed by atoms with Crippen molar-refractivity contribution in [2.45, 2.75) is 164 Å². The Morgan fingerprint density at radius 1 is 0.514 bits per heavy atom. The van der Waals surface area contributed by atoms with Gasteiger partial charge in [0.25, 0.3) is 0 Å². The summed E-state index contributed by atoms with van der Waals surface area (Å²) in [4.78, 5) is 12.0. The fourth-order valence-electron chi connectivity index (χ4n) is 4.45. The molecule has 0 heterocycles. The normalized spacial score (nSPS) is 12.6. The van der Waals surface area contributed by atoms with Gasteiger partial charge < -0.3 is 4.74 Å². The molecule has 0 aliphatic carbocycles. The van der Waals surface area contributed by atoms with Gasteiger partial charge in [0.1, 0.15) is 6.61 Å². The van der Waals surface area contributed by atoms with E-state index in [0.29, 0.717) is 13.0 Å². The molecule has 0 aromatic carbocycles. The summed E-state index contributed by atoms with van der Waals surface area (Å²) in [5.74, 6) is -0.0453. The number of hydrogen-bond donors (Lipinski definition) is 0. The highest BCUT2D eigenvalue weighted by Gasteiger charge is 2.02. The first kappa shape index (κ1) is 35.4. The predicted octanol–water partition coefficient (Wildman–Crippen LogP) is 11.8. The second-order valence-electron chi connectivity index (χ2n) is 11.4. The molecule has 0 aliphatic heterocycles. The fourth-order valence-corrected chi connectivity index (χ4v) is 4.45. The van der Waals surface area contributed by atoms with Crippen molar-refractivity contribution in [2.75, 3.05) is 6.61 Å². The lowest BCUT2D eigenvalue weighted by Crippen LogP contribution is -2.04. The molecule has 0 spiro atoms. The van der Waals surface area contributed by atoms with Crippen molar-refractivity contribution >= 4 is 5.97 Å². The van der Waals surface area contributed by atoms with Crippen LogP contribution in [-0.4, -0.2) is 12.6 Å². The monoisotopic (exact) mass is 514 g/mol. The fraction of sp³-hybridized carbons (Fsp3) is 0.743. The van der Waals surface area contributed by atoms with Crippen LogP contribution in [0, 0.1) is 0 Å². The van der Waals surface area contributed by atoms with Crippen LogP contribution in [0.3, 0.4) is 0 Å². The number of esters is 1. The van der Waals surface area contributed by atoms with Crippen molar-refractivity contribution in [2.24, 2.45) is 0 Å². The molecule has 0 rings (SSSR count). The summed E-state index contributed by atoms with van der Waals surface area (Å²) < 4.78 is 5.42. The minimum atomic E-state index is -0.0453. The number of hydrogen-bond acceptors (Lipinski definition) is 2. The van der Waals surface area contributed by atoms with Crippen molar-refractivity contribution in [1.82, 2.24) is 0 Å². The average molecular weight is 515 g/mol. The molecule has 2 heteroatoms. The molecule has 37 heavy (non-hydrogen) atoms. The molecule has 0 aliphatic rings. The quantitative estimate of drug-likeness (QED) is 0.0727. The summed E-state index contributed by atoms with van der Waals surface area (Å²) in [5.41, 5.74) is 5.67. The third kappa shape index (κ3) is 27.3. The van der Waals surface area contributed by atoms with Crippen LogP contribution in [0.2, 0.25) is 0 Å². The Morgan fingerprint density at radius 2 is 0.919 bits per heavy atom. The number of rotatable bonds is 24. The lowest BCUT2D eigenvalue weighted by Gasteiger charge is -2.05. The largest absolute Gasteiger partial charge is 0.461 e. The molecule has 0 aromatic heterocycles. The molecular formula is C35H62O2. The Bertz CT molecular complexity index is 673. The van der Waals surface area contributed by atoms with E-state index in [2.05, 4.69) is 65.8 Å². The van der Waals surface area contributed by atoms with E-state index < -0.39 is 0 Å². The standard InChI is InChI=1S/C35H62O2/c1-7-8-9-10-11-12-13-14-15-16-17-18-28-35(36)37-30-29-34(6)27-21-26-33(5)25-20-24-32(4)23-19-22-31(2)3/h22,24,26,29H,7-21,23,25,27-28,30H2,1-6H3/b32-24+,33-26?,34-29+. The van der Waals surface area contributed by atoms with Crippen LogP contribution in [0.15, 0.2) is 46.6 Å². The van der Waals surface area contributed by atoms with Gasteiger partial charge in [0, 0.05) is 6.42 Å². The molecule has 214 valence electrons. The number of carbonyl (C=O) groups excluding carboxylic acids is 1. The van der Waals surface area contributed by atoms with Gasteiger partial charge in [-0.1, -0.05) is 118 Å². The van der Waals surface area contributed by atoms with Crippen molar-refractivity contribution in [3.05, 3.63) is 46.6 Å². The van der Waals surface area contributed by atoms with Gasteiger partial charge in [-0.3, -0.25) is 4.79 Å². The van der Waals surface area contributed by atoms with E-state index in [1.54, 1.807) is 0 Å². The second-order valence-corrected chi connectivity index (χ2v) is 11.4. The molecule has 0 fully saturated rings. The van der Waals surface area contributed by atoms with Crippen LogP contribution >= 0.6 is 0 Å². The lowest BCUT2D eigenvalue weighted by molar-refractivity contribution is -0.142. The van der Waals surface area contributed by atoms with E-state index in [4.69, 9.17) is 4.74 Å². The van der Waals surface area contributed by atoms with Crippen molar-refractivity contribution in [3.8, 4) is 0 Å². The van der Waals surface area contributed by atoms with Gasteiger partial charge in [0.2, 0.25) is 0 Å². The lowest BCUT2D eigenvalue weighted by atomic mass is 10.0. The van der Waals surface area contributed by atoms with Gasteiger partial charge in [0.15, 0.2) is 0 Å². The third-order valence-corrected chi connectivity index (χ3v) is 7.06. The zero-order chi connectivity index (χ0) is 27.6. The van der Waals surface area contributed by atoms with Gasteiger partial charge in [0.05, 0.1) is 0 Å². The Kier molecular flexibility index (Phi) is 24.9. The van der Waals surface area contributed by atoms with Crippen LogP contribution in [0.1, 0.15) is 164 Å². The number of carbonyl (C=O) groups is 1. The molecule has 2 nitrogen and oxygen atoms in total. The molecule has 0 saturated heterocycles. The predicted molar refractivity (Wildman–Crippen MR) is 165 cm³/mol. The Hall–Kier alpha value is -1.57. The SMILES string of the molecule is CCCCCCCCCCCCCCC(=O)OC/C=C(\C)CCC=C(C)CC/C=C(\C)CCC=C(C)C. The van der Waals surface area contributed by atoms with Gasteiger partial charge >= 0.3 is 5.97 Å². The van der Waals surface area contributed by atoms with E-state index in [9.17, 15) is 4.79 Å². The second kappa shape index (κ2) is 26.1. The molecule has 0 atom stereocenters. The summed E-state index contributed by atoms with van der Waals surface area (Å²) in [5, 5.41) is 0. The topological polar surface area (TPSA) is 26.3 Å². The highest BCUT2D eigenvalue weighted by atomic mass is 16.5. The summed E-state index contributed by atoms with van der Waals surface area (Å²) in [6.07, 6.45) is 32.2. The van der Waals surface area contributed by atoms with Crippen molar-refractivity contribution in [1.29, 1.82) is 0 Å². The molecule has 0 saturated carbocycles. The Labute approximate surface area is 232 Å². The van der Waals surface area contributed by atoms with Gasteiger partial charge in [-0.25, -0.2) is 0 Å². The van der Waals surface area contributed by atoms with Gasteiger partial charge in [-0.15, -0.1) is 0 Å². The van der Waals surface area contributed by atoms with Gasteiger partial charge in [-0.2, -0.15) is 0 Å². The molecule has 0 amide bonds. The highest BCUT2D eigenvalue weighted by molar-refractivity contribution is 5.69. The minimum absolute atomic E-state index is 0.0453. The third-order valence-electron chi connectivity index (χ3n) is 7.06. The Balaban J connectivity index is 3.74. The molecule has 0 unspecified atom stereocenters. The first-order chi connectivity index (χ1) is 17.8. The first-order valence-electron chi connectivity index (χ1n) is 15.6. The van der Waals surface area contributed by atoms with Gasteiger partial charge in [-0.05, 0) is 85.6 Å². The number of allylic oxidation sites excluding steroid dienone is 7. The van der Waals surface area contributed by atoms with Crippen molar-refractivity contribution in [3.63, 3.8) is 0 Å². The summed E-state index contributed by atoms with van der Waals surface area (Å²) >= 11 is 0. The van der Waals surface area contributed by atoms with Crippen LogP contribution in [0.25, 0.3) is 0 Å². The Morgan fingerprint density at radius 3 is 1.38 bits per heavy atom. The van der Waals surface area contributed by atoms with E-state index in [0.717, 1.165) is 44.9 Å².